The van der Waals surface area contributed by atoms with Gasteiger partial charge < -0.3 is 15.2 Å². The lowest BCUT2D eigenvalue weighted by molar-refractivity contribution is 0.106. The second-order valence-electron chi connectivity index (χ2n) is 4.94. The normalized spacial score (nSPS) is 12.3. The highest BCUT2D eigenvalue weighted by molar-refractivity contribution is 7.11. The topological polar surface area (TPSA) is 54.4 Å². The van der Waals surface area contributed by atoms with Gasteiger partial charge in [-0.2, -0.15) is 0 Å². The molecule has 5 heteroatoms. The number of aryl methyl sites for hydroxylation is 2. The van der Waals surface area contributed by atoms with E-state index >= 15 is 0 Å². The second kappa shape index (κ2) is 8.12. The summed E-state index contributed by atoms with van der Waals surface area (Å²) < 4.78 is 5.57. The Hall–Kier alpha value is -1.43. The number of benzene rings is 1. The van der Waals surface area contributed by atoms with Crippen LogP contribution in [0.4, 0.5) is 0 Å². The first-order valence-corrected chi connectivity index (χ1v) is 8.01. The lowest BCUT2D eigenvalue weighted by Crippen LogP contribution is -2.30. The van der Waals surface area contributed by atoms with Crippen LogP contribution in [0.2, 0.25) is 0 Å². The second-order valence-corrected chi connectivity index (χ2v) is 6.26. The molecule has 0 spiro atoms. The number of hydrogen-bond acceptors (Lipinski definition) is 5. The minimum atomic E-state index is -0.523. The molecule has 2 rings (SSSR count). The summed E-state index contributed by atoms with van der Waals surface area (Å²) in [4.78, 5) is 5.37. The van der Waals surface area contributed by atoms with Crippen LogP contribution < -0.4 is 10.1 Å². The zero-order valence-corrected chi connectivity index (χ0v) is 13.3. The molecule has 2 aromatic rings. The van der Waals surface area contributed by atoms with Gasteiger partial charge in [-0.3, -0.25) is 0 Å². The SMILES string of the molecule is CCc1ccc(OCC(O)CNCc2cnc(C)s2)cc1. The molecule has 0 bridgehead atoms. The fourth-order valence-electron chi connectivity index (χ4n) is 1.92. The third-order valence-corrected chi connectivity index (χ3v) is 4.04. The van der Waals surface area contributed by atoms with Gasteiger partial charge in [-0.15, -0.1) is 11.3 Å². The van der Waals surface area contributed by atoms with E-state index < -0.39 is 6.10 Å². The monoisotopic (exact) mass is 306 g/mol. The first-order valence-electron chi connectivity index (χ1n) is 7.19. The van der Waals surface area contributed by atoms with Gasteiger partial charge in [0.15, 0.2) is 0 Å². The lowest BCUT2D eigenvalue weighted by Gasteiger charge is -2.13. The molecule has 0 aliphatic heterocycles. The fourth-order valence-corrected chi connectivity index (χ4v) is 2.69. The maximum absolute atomic E-state index is 9.89. The summed E-state index contributed by atoms with van der Waals surface area (Å²) in [6, 6.07) is 7.98. The highest BCUT2D eigenvalue weighted by atomic mass is 32.1. The van der Waals surface area contributed by atoms with Crippen LogP contribution in [0.15, 0.2) is 30.5 Å². The van der Waals surface area contributed by atoms with Crippen molar-refractivity contribution in [3.05, 3.63) is 45.9 Å². The Bertz CT molecular complexity index is 539. The van der Waals surface area contributed by atoms with Crippen molar-refractivity contribution in [2.24, 2.45) is 0 Å². The Balaban J connectivity index is 1.65. The predicted octanol–water partition coefficient (Wildman–Crippen LogP) is 2.54. The molecule has 1 heterocycles. The molecular formula is C16H22N2O2S. The van der Waals surface area contributed by atoms with E-state index in [4.69, 9.17) is 4.74 Å². The summed E-state index contributed by atoms with van der Waals surface area (Å²) >= 11 is 1.67. The summed E-state index contributed by atoms with van der Waals surface area (Å²) in [5.41, 5.74) is 1.28. The molecule has 2 N–H and O–H groups in total. The highest BCUT2D eigenvalue weighted by Gasteiger charge is 2.06. The predicted molar refractivity (Wildman–Crippen MR) is 85.9 cm³/mol. The maximum atomic E-state index is 9.89. The molecule has 0 saturated heterocycles. The molecule has 0 fully saturated rings. The molecule has 1 aromatic carbocycles. The van der Waals surface area contributed by atoms with E-state index in [9.17, 15) is 5.11 Å². The average molecular weight is 306 g/mol. The zero-order chi connectivity index (χ0) is 15.1. The van der Waals surface area contributed by atoms with Gasteiger partial charge in [-0.1, -0.05) is 19.1 Å². The zero-order valence-electron chi connectivity index (χ0n) is 12.5. The summed E-state index contributed by atoms with van der Waals surface area (Å²) in [5.74, 6) is 0.796. The molecule has 114 valence electrons. The van der Waals surface area contributed by atoms with Crippen LogP contribution in [0.1, 0.15) is 22.4 Å². The standard InChI is InChI=1S/C16H22N2O2S/c1-3-13-4-6-15(7-5-13)20-11-14(19)8-17-9-16-10-18-12(2)21-16/h4-7,10,14,17,19H,3,8-9,11H2,1-2H3. The van der Waals surface area contributed by atoms with Gasteiger partial charge in [0.25, 0.3) is 0 Å². The van der Waals surface area contributed by atoms with Gasteiger partial charge in [0.05, 0.1) is 5.01 Å². The average Bonchev–Trinajstić information content (AvgIpc) is 2.91. The number of ether oxygens (including phenoxy) is 1. The molecule has 1 atom stereocenters. The molecule has 0 aliphatic rings. The van der Waals surface area contributed by atoms with E-state index in [-0.39, 0.29) is 0 Å². The summed E-state index contributed by atoms with van der Waals surface area (Å²) in [6.07, 6.45) is 2.36. The van der Waals surface area contributed by atoms with Crippen LogP contribution in [-0.4, -0.2) is 29.3 Å². The van der Waals surface area contributed by atoms with Crippen molar-refractivity contribution in [3.8, 4) is 5.75 Å². The van der Waals surface area contributed by atoms with Crippen molar-refractivity contribution in [3.63, 3.8) is 0 Å². The Labute approximate surface area is 129 Å². The Morgan fingerprint density at radius 3 is 2.71 bits per heavy atom. The Morgan fingerprint density at radius 2 is 2.10 bits per heavy atom. The van der Waals surface area contributed by atoms with Crippen LogP contribution in [0.3, 0.4) is 0 Å². The van der Waals surface area contributed by atoms with E-state index in [1.807, 2.05) is 37.4 Å². The third-order valence-electron chi connectivity index (χ3n) is 3.12. The maximum Gasteiger partial charge on any atom is 0.119 e. The lowest BCUT2D eigenvalue weighted by atomic mass is 10.2. The number of nitrogens with zero attached hydrogens (tertiary/aromatic N) is 1. The van der Waals surface area contributed by atoms with Crippen LogP contribution in [0, 0.1) is 6.92 Å². The van der Waals surface area contributed by atoms with Crippen molar-refractivity contribution in [1.29, 1.82) is 0 Å². The van der Waals surface area contributed by atoms with E-state index in [0.29, 0.717) is 13.2 Å². The van der Waals surface area contributed by atoms with Gasteiger partial charge in [0, 0.05) is 24.2 Å². The minimum absolute atomic E-state index is 0.292. The summed E-state index contributed by atoms with van der Waals surface area (Å²) in [5, 5.41) is 14.2. The van der Waals surface area contributed by atoms with Gasteiger partial charge in [0.1, 0.15) is 18.5 Å². The largest absolute Gasteiger partial charge is 0.491 e. The summed E-state index contributed by atoms with van der Waals surface area (Å²) in [7, 11) is 0. The molecule has 0 amide bonds. The molecule has 4 nitrogen and oxygen atoms in total. The Morgan fingerprint density at radius 1 is 1.33 bits per heavy atom. The fraction of sp³-hybridized carbons (Fsp3) is 0.438. The molecule has 1 unspecified atom stereocenters. The van der Waals surface area contributed by atoms with Gasteiger partial charge in [-0.05, 0) is 31.0 Å². The third kappa shape index (κ3) is 5.46. The van der Waals surface area contributed by atoms with E-state index in [0.717, 1.165) is 23.7 Å². The van der Waals surface area contributed by atoms with Crippen molar-refractivity contribution >= 4 is 11.3 Å². The first-order chi connectivity index (χ1) is 10.2. The van der Waals surface area contributed by atoms with Crippen molar-refractivity contribution in [2.45, 2.75) is 32.9 Å². The smallest absolute Gasteiger partial charge is 0.119 e. The van der Waals surface area contributed by atoms with Crippen LogP contribution >= 0.6 is 11.3 Å². The van der Waals surface area contributed by atoms with Crippen molar-refractivity contribution < 1.29 is 9.84 Å². The number of aliphatic hydroxyl groups excluding tert-OH is 1. The van der Waals surface area contributed by atoms with Crippen LogP contribution in [-0.2, 0) is 13.0 Å². The number of thiazole rings is 1. The number of nitrogens with one attached hydrogen (secondary N) is 1. The molecule has 21 heavy (non-hydrogen) atoms. The number of hydrogen-bond donors (Lipinski definition) is 2. The van der Waals surface area contributed by atoms with Crippen molar-refractivity contribution in [2.75, 3.05) is 13.2 Å². The number of aliphatic hydroxyl groups is 1. The molecule has 1 aromatic heterocycles. The minimum Gasteiger partial charge on any atom is -0.491 e. The quantitative estimate of drug-likeness (QED) is 0.787. The molecule has 0 saturated carbocycles. The Kier molecular flexibility index (Phi) is 6.17. The van der Waals surface area contributed by atoms with Crippen LogP contribution in [0.25, 0.3) is 0 Å². The van der Waals surface area contributed by atoms with Gasteiger partial charge in [0.2, 0.25) is 0 Å². The summed E-state index contributed by atoms with van der Waals surface area (Å²) in [6.45, 7) is 5.63. The number of aromatic nitrogens is 1. The highest BCUT2D eigenvalue weighted by Crippen LogP contribution is 2.13. The molecular weight excluding hydrogens is 284 g/mol. The first kappa shape index (κ1) is 15.9. The van der Waals surface area contributed by atoms with E-state index in [2.05, 4.69) is 17.2 Å². The van der Waals surface area contributed by atoms with E-state index in [1.54, 1.807) is 11.3 Å². The molecule has 0 radical (unpaired) electrons. The van der Waals surface area contributed by atoms with Gasteiger partial charge in [-0.25, -0.2) is 4.98 Å². The van der Waals surface area contributed by atoms with Crippen LogP contribution in [0.5, 0.6) is 5.75 Å². The van der Waals surface area contributed by atoms with E-state index in [1.165, 1.54) is 10.4 Å². The number of rotatable bonds is 8. The molecule has 0 aliphatic carbocycles. The van der Waals surface area contributed by atoms with Crippen molar-refractivity contribution in [1.82, 2.24) is 10.3 Å². The van der Waals surface area contributed by atoms with Gasteiger partial charge >= 0.3 is 0 Å².